The topological polar surface area (TPSA) is 71.0 Å². The molecule has 2 aromatic heterocycles. The van der Waals surface area contributed by atoms with Gasteiger partial charge in [0.15, 0.2) is 0 Å². The van der Waals surface area contributed by atoms with E-state index in [0.717, 1.165) is 36.5 Å². The number of likely N-dealkylation sites (N-methyl/N-ethyl adjacent to an activating group) is 1. The lowest BCUT2D eigenvalue weighted by Crippen LogP contribution is -2.35. The molecule has 0 bridgehead atoms. The predicted octanol–water partition coefficient (Wildman–Crippen LogP) is 1.14. The number of anilines is 1. The van der Waals surface area contributed by atoms with E-state index in [1.54, 1.807) is 6.20 Å². The Labute approximate surface area is 129 Å². The van der Waals surface area contributed by atoms with E-state index in [0.29, 0.717) is 18.1 Å². The summed E-state index contributed by atoms with van der Waals surface area (Å²) in [6, 6.07) is 5.92. The third-order valence-corrected chi connectivity index (χ3v) is 3.76. The normalized spacial score (nSPS) is 13.5. The van der Waals surface area contributed by atoms with Crippen molar-refractivity contribution >= 4 is 11.7 Å². The molecule has 0 fully saturated rings. The van der Waals surface area contributed by atoms with Crippen molar-refractivity contribution in [1.82, 2.24) is 20.3 Å². The van der Waals surface area contributed by atoms with Crippen LogP contribution in [0.4, 0.5) is 5.82 Å². The van der Waals surface area contributed by atoms with Gasteiger partial charge in [-0.3, -0.25) is 9.78 Å². The summed E-state index contributed by atoms with van der Waals surface area (Å²) >= 11 is 0. The number of carbonyl (C=O) groups excluding carboxylic acids is 1. The first kappa shape index (κ1) is 14.4. The molecule has 2 aromatic rings. The van der Waals surface area contributed by atoms with Crippen LogP contribution in [0.15, 0.2) is 24.4 Å². The molecule has 6 nitrogen and oxygen atoms in total. The quantitative estimate of drug-likeness (QED) is 0.916. The summed E-state index contributed by atoms with van der Waals surface area (Å²) in [5, 5.41) is 2.83. The minimum absolute atomic E-state index is 0.105. The Hall–Kier alpha value is -2.50. The minimum Gasteiger partial charge on any atom is -0.359 e. The number of aryl methyl sites for hydroxylation is 1. The maximum absolute atomic E-state index is 12.0. The number of nitrogens with zero attached hydrogens (tertiary/aromatic N) is 4. The molecule has 3 rings (SSSR count). The van der Waals surface area contributed by atoms with Crippen molar-refractivity contribution in [2.45, 2.75) is 19.8 Å². The molecular weight excluding hydrogens is 278 g/mol. The summed E-state index contributed by atoms with van der Waals surface area (Å²) in [5.74, 6) is 1.37. The van der Waals surface area contributed by atoms with Gasteiger partial charge in [0.2, 0.25) is 0 Å². The Morgan fingerprint density at radius 2 is 2.18 bits per heavy atom. The number of fused-ring (bicyclic) bond motifs is 1. The van der Waals surface area contributed by atoms with Crippen LogP contribution < -0.4 is 10.2 Å². The summed E-state index contributed by atoms with van der Waals surface area (Å²) in [6.07, 6.45) is 3.41. The highest BCUT2D eigenvalue weighted by molar-refractivity contribution is 5.96. The first-order chi connectivity index (χ1) is 10.6. The second-order valence-electron chi connectivity index (χ2n) is 5.42. The lowest BCUT2D eigenvalue weighted by Gasteiger charge is -2.25. The molecule has 114 valence electrons. The van der Waals surface area contributed by atoms with Gasteiger partial charge in [-0.2, -0.15) is 0 Å². The van der Waals surface area contributed by atoms with Gasteiger partial charge in [-0.25, -0.2) is 9.97 Å². The Morgan fingerprint density at radius 3 is 2.95 bits per heavy atom. The molecule has 0 unspecified atom stereocenters. The maximum Gasteiger partial charge on any atom is 0.270 e. The molecule has 0 spiro atoms. The molecule has 3 heterocycles. The number of carbonyl (C=O) groups is 1. The fourth-order valence-corrected chi connectivity index (χ4v) is 2.63. The highest BCUT2D eigenvalue weighted by atomic mass is 16.1. The van der Waals surface area contributed by atoms with Crippen LogP contribution in [-0.4, -0.2) is 41.0 Å². The third kappa shape index (κ3) is 2.90. The second kappa shape index (κ2) is 6.09. The van der Waals surface area contributed by atoms with Crippen molar-refractivity contribution in [3.8, 4) is 0 Å². The number of hydrogen-bond donors (Lipinski definition) is 1. The molecule has 22 heavy (non-hydrogen) atoms. The molecule has 0 aromatic carbocycles. The van der Waals surface area contributed by atoms with Crippen molar-refractivity contribution in [2.24, 2.45) is 0 Å². The Kier molecular flexibility index (Phi) is 4.00. The van der Waals surface area contributed by atoms with Gasteiger partial charge in [0.05, 0.1) is 0 Å². The molecule has 6 heteroatoms. The molecule has 1 aliphatic rings. The molecule has 0 saturated carbocycles. The number of pyridine rings is 1. The highest BCUT2D eigenvalue weighted by Gasteiger charge is 2.24. The van der Waals surface area contributed by atoms with E-state index in [-0.39, 0.29) is 5.91 Å². The average Bonchev–Trinajstić information content (AvgIpc) is 2.54. The van der Waals surface area contributed by atoms with Crippen LogP contribution >= 0.6 is 0 Å². The van der Waals surface area contributed by atoms with Crippen LogP contribution in [-0.2, 0) is 12.8 Å². The van der Waals surface area contributed by atoms with Gasteiger partial charge in [0.1, 0.15) is 17.3 Å². The third-order valence-electron chi connectivity index (χ3n) is 3.76. The predicted molar refractivity (Wildman–Crippen MR) is 84.0 cm³/mol. The standard InChI is InChI=1S/C16H19N5O/c1-11-19-14-13(6-9-18-16(14)22)15(20-11)21(2)10-7-12-5-3-4-8-17-12/h3-5,8H,6-7,9-10H2,1-2H3,(H,18,22). The van der Waals surface area contributed by atoms with E-state index in [1.165, 1.54) is 0 Å². The highest BCUT2D eigenvalue weighted by Crippen LogP contribution is 2.23. The van der Waals surface area contributed by atoms with Gasteiger partial charge in [-0.15, -0.1) is 0 Å². The van der Waals surface area contributed by atoms with Gasteiger partial charge in [-0.05, 0) is 25.5 Å². The zero-order chi connectivity index (χ0) is 15.5. The van der Waals surface area contributed by atoms with Gasteiger partial charge in [0.25, 0.3) is 5.91 Å². The monoisotopic (exact) mass is 297 g/mol. The minimum atomic E-state index is -0.105. The smallest absolute Gasteiger partial charge is 0.270 e. The Balaban J connectivity index is 1.83. The van der Waals surface area contributed by atoms with E-state index >= 15 is 0 Å². The number of aromatic nitrogens is 3. The first-order valence-electron chi connectivity index (χ1n) is 7.42. The molecule has 0 atom stereocenters. The summed E-state index contributed by atoms with van der Waals surface area (Å²) in [4.78, 5) is 27.2. The Bertz CT molecular complexity index is 686. The summed E-state index contributed by atoms with van der Waals surface area (Å²) in [5.41, 5.74) is 2.50. The molecule has 0 saturated heterocycles. The second-order valence-corrected chi connectivity index (χ2v) is 5.42. The molecular formula is C16H19N5O. The average molecular weight is 297 g/mol. The zero-order valence-corrected chi connectivity index (χ0v) is 12.8. The van der Waals surface area contributed by atoms with Crippen molar-refractivity contribution in [2.75, 3.05) is 25.0 Å². The summed E-state index contributed by atoms with van der Waals surface area (Å²) in [7, 11) is 2.00. The molecule has 1 N–H and O–H groups in total. The van der Waals surface area contributed by atoms with Crippen LogP contribution in [0.3, 0.4) is 0 Å². The zero-order valence-electron chi connectivity index (χ0n) is 12.8. The largest absolute Gasteiger partial charge is 0.359 e. The van der Waals surface area contributed by atoms with Crippen molar-refractivity contribution in [3.05, 3.63) is 47.2 Å². The van der Waals surface area contributed by atoms with Crippen molar-refractivity contribution in [1.29, 1.82) is 0 Å². The van der Waals surface area contributed by atoms with Crippen LogP contribution in [0.25, 0.3) is 0 Å². The number of hydrogen-bond acceptors (Lipinski definition) is 5. The number of nitrogens with one attached hydrogen (secondary N) is 1. The van der Waals surface area contributed by atoms with E-state index in [4.69, 9.17) is 0 Å². The SMILES string of the molecule is Cc1nc2c(c(N(C)CCc3ccccn3)n1)CCNC2=O. The van der Waals surface area contributed by atoms with E-state index in [9.17, 15) is 4.79 Å². The van der Waals surface area contributed by atoms with Gasteiger partial charge >= 0.3 is 0 Å². The van der Waals surface area contributed by atoms with Gasteiger partial charge < -0.3 is 10.2 Å². The van der Waals surface area contributed by atoms with Crippen LogP contribution in [0.1, 0.15) is 27.6 Å². The van der Waals surface area contributed by atoms with Gasteiger partial charge in [0, 0.05) is 44.0 Å². The summed E-state index contributed by atoms with van der Waals surface area (Å²) < 4.78 is 0. The van der Waals surface area contributed by atoms with Crippen molar-refractivity contribution in [3.63, 3.8) is 0 Å². The molecule has 0 radical (unpaired) electrons. The fraction of sp³-hybridized carbons (Fsp3) is 0.375. The van der Waals surface area contributed by atoms with Crippen LogP contribution in [0.5, 0.6) is 0 Å². The maximum atomic E-state index is 12.0. The van der Waals surface area contributed by atoms with E-state index in [2.05, 4.69) is 25.2 Å². The molecule has 0 aliphatic carbocycles. The van der Waals surface area contributed by atoms with E-state index < -0.39 is 0 Å². The first-order valence-corrected chi connectivity index (χ1v) is 7.42. The Morgan fingerprint density at radius 1 is 1.32 bits per heavy atom. The summed E-state index contributed by atoms with van der Waals surface area (Å²) in [6.45, 7) is 3.25. The number of amides is 1. The van der Waals surface area contributed by atoms with Crippen LogP contribution in [0, 0.1) is 6.92 Å². The van der Waals surface area contributed by atoms with E-state index in [1.807, 2.05) is 32.2 Å². The lowest BCUT2D eigenvalue weighted by molar-refractivity contribution is 0.0940. The van der Waals surface area contributed by atoms with Crippen molar-refractivity contribution < 1.29 is 4.79 Å². The van der Waals surface area contributed by atoms with Crippen LogP contribution in [0.2, 0.25) is 0 Å². The molecule has 1 aliphatic heterocycles. The fourth-order valence-electron chi connectivity index (χ4n) is 2.63. The lowest BCUT2D eigenvalue weighted by atomic mass is 10.1. The van der Waals surface area contributed by atoms with Gasteiger partial charge in [-0.1, -0.05) is 6.07 Å². The molecule has 1 amide bonds. The number of rotatable bonds is 4.